The smallest absolute Gasteiger partial charge is 0.349 e. The number of alkyl halides is 3. The maximum Gasteiger partial charge on any atom is 0.434 e. The molecule has 0 radical (unpaired) electrons. The summed E-state index contributed by atoms with van der Waals surface area (Å²) in [4.78, 5) is 5.78. The third-order valence-electron chi connectivity index (χ3n) is 2.33. The van der Waals surface area contributed by atoms with Crippen LogP contribution in [0.1, 0.15) is 24.4 Å². The molecule has 0 atom stereocenters. The van der Waals surface area contributed by atoms with Gasteiger partial charge < -0.3 is 10.2 Å². The normalized spacial score (nSPS) is 11.9. The van der Waals surface area contributed by atoms with Crippen molar-refractivity contribution in [1.82, 2.24) is 10.3 Å². The second-order valence-electron chi connectivity index (χ2n) is 3.47. The zero-order valence-electron chi connectivity index (χ0n) is 10.1. The van der Waals surface area contributed by atoms with Crippen molar-refractivity contribution in [3.05, 3.63) is 10.6 Å². The Morgan fingerprint density at radius 1 is 1.29 bits per heavy atom. The number of nitrogens with zero attached hydrogens (tertiary/aromatic N) is 2. The van der Waals surface area contributed by atoms with E-state index in [0.717, 1.165) is 11.3 Å². The summed E-state index contributed by atoms with van der Waals surface area (Å²) in [7, 11) is 1.62. The minimum atomic E-state index is -4.38. The van der Waals surface area contributed by atoms with Crippen LogP contribution in [0.4, 0.5) is 18.3 Å². The van der Waals surface area contributed by atoms with E-state index >= 15 is 0 Å². The van der Waals surface area contributed by atoms with Crippen LogP contribution in [-0.4, -0.2) is 25.1 Å². The molecule has 1 aromatic rings. The van der Waals surface area contributed by atoms with Crippen LogP contribution >= 0.6 is 11.3 Å². The molecule has 0 aliphatic heterocycles. The molecule has 0 spiro atoms. The summed E-state index contributed by atoms with van der Waals surface area (Å²) in [6.45, 7) is 5.29. The molecule has 1 N–H and O–H groups in total. The molecule has 1 heterocycles. The first-order valence-electron chi connectivity index (χ1n) is 5.40. The van der Waals surface area contributed by atoms with E-state index in [4.69, 9.17) is 0 Å². The summed E-state index contributed by atoms with van der Waals surface area (Å²) in [5.74, 6) is 0. The molecule has 0 saturated carbocycles. The fourth-order valence-electron chi connectivity index (χ4n) is 1.47. The van der Waals surface area contributed by atoms with Crippen molar-refractivity contribution in [2.45, 2.75) is 26.6 Å². The monoisotopic (exact) mass is 267 g/mol. The van der Waals surface area contributed by atoms with Crippen LogP contribution in [0.15, 0.2) is 0 Å². The average molecular weight is 267 g/mol. The van der Waals surface area contributed by atoms with E-state index in [-0.39, 0.29) is 11.4 Å². The van der Waals surface area contributed by atoms with Gasteiger partial charge in [-0.05, 0) is 20.9 Å². The number of hydrogen-bond acceptors (Lipinski definition) is 4. The highest BCUT2D eigenvalue weighted by Gasteiger charge is 2.37. The molecular formula is C10H16F3N3S. The molecule has 0 fully saturated rings. The van der Waals surface area contributed by atoms with E-state index in [9.17, 15) is 13.2 Å². The molecule has 3 nitrogen and oxygen atoms in total. The highest BCUT2D eigenvalue weighted by molar-refractivity contribution is 7.15. The maximum absolute atomic E-state index is 12.8. The Morgan fingerprint density at radius 2 is 1.88 bits per heavy atom. The zero-order chi connectivity index (χ0) is 13.1. The predicted octanol–water partition coefficient (Wildman–Crippen LogP) is 2.73. The van der Waals surface area contributed by atoms with E-state index in [1.807, 2.05) is 18.7 Å². The summed E-state index contributed by atoms with van der Waals surface area (Å²) >= 11 is 1.10. The lowest BCUT2D eigenvalue weighted by Crippen LogP contribution is -2.21. The van der Waals surface area contributed by atoms with Crippen molar-refractivity contribution in [2.75, 3.05) is 25.0 Å². The molecule has 7 heteroatoms. The van der Waals surface area contributed by atoms with Gasteiger partial charge in [0.1, 0.15) is 0 Å². The van der Waals surface area contributed by atoms with Crippen molar-refractivity contribution in [3.63, 3.8) is 0 Å². The van der Waals surface area contributed by atoms with E-state index in [1.54, 1.807) is 7.05 Å². The van der Waals surface area contributed by atoms with Gasteiger partial charge in [-0.3, -0.25) is 0 Å². The predicted molar refractivity (Wildman–Crippen MR) is 63.4 cm³/mol. The van der Waals surface area contributed by atoms with Crippen molar-refractivity contribution >= 4 is 16.5 Å². The largest absolute Gasteiger partial charge is 0.434 e. The molecule has 0 aliphatic rings. The van der Waals surface area contributed by atoms with Crippen molar-refractivity contribution in [1.29, 1.82) is 0 Å². The first-order valence-corrected chi connectivity index (χ1v) is 6.22. The Balaban J connectivity index is 3.11. The summed E-state index contributed by atoms with van der Waals surface area (Å²) in [5, 5.41) is 3.17. The van der Waals surface area contributed by atoms with Crippen LogP contribution in [-0.2, 0) is 12.7 Å². The van der Waals surface area contributed by atoms with Gasteiger partial charge in [0, 0.05) is 19.6 Å². The summed E-state index contributed by atoms with van der Waals surface area (Å²) < 4.78 is 38.3. The number of aromatic nitrogens is 1. The number of anilines is 1. The molecule has 98 valence electrons. The van der Waals surface area contributed by atoms with Gasteiger partial charge in [0.25, 0.3) is 0 Å². The number of thiazole rings is 1. The fourth-order valence-corrected chi connectivity index (χ4v) is 2.69. The molecule has 0 saturated heterocycles. The third-order valence-corrected chi connectivity index (χ3v) is 3.44. The standard InChI is InChI=1S/C10H16F3N3S/c1-4-16(5-2)9-15-8(10(11,12)13)7(17-9)6-14-3/h14H,4-6H2,1-3H3. The van der Waals surface area contributed by atoms with Crippen LogP contribution in [0.3, 0.4) is 0 Å². The minimum absolute atomic E-state index is 0.188. The first kappa shape index (κ1) is 14.2. The molecule has 0 amide bonds. The van der Waals surface area contributed by atoms with Gasteiger partial charge in [-0.25, -0.2) is 4.98 Å². The number of halogens is 3. The lowest BCUT2D eigenvalue weighted by molar-refractivity contribution is -0.141. The SMILES string of the molecule is CCN(CC)c1nc(C(F)(F)F)c(CNC)s1. The van der Waals surface area contributed by atoms with E-state index in [1.165, 1.54) is 0 Å². The van der Waals surface area contributed by atoms with Crippen molar-refractivity contribution in [2.24, 2.45) is 0 Å². The van der Waals surface area contributed by atoms with Crippen LogP contribution in [0.2, 0.25) is 0 Å². The molecule has 0 aromatic carbocycles. The molecule has 0 unspecified atom stereocenters. The maximum atomic E-state index is 12.8. The Morgan fingerprint density at radius 3 is 2.29 bits per heavy atom. The Bertz CT molecular complexity index is 358. The van der Waals surface area contributed by atoms with Gasteiger partial charge in [-0.1, -0.05) is 11.3 Å². The van der Waals surface area contributed by atoms with Gasteiger partial charge in [-0.15, -0.1) is 0 Å². The van der Waals surface area contributed by atoms with Crippen LogP contribution in [0.5, 0.6) is 0 Å². The van der Waals surface area contributed by atoms with E-state index in [0.29, 0.717) is 18.2 Å². The van der Waals surface area contributed by atoms with Crippen LogP contribution < -0.4 is 10.2 Å². The zero-order valence-corrected chi connectivity index (χ0v) is 10.9. The van der Waals surface area contributed by atoms with Crippen molar-refractivity contribution < 1.29 is 13.2 Å². The molecular weight excluding hydrogens is 251 g/mol. The number of rotatable bonds is 5. The average Bonchev–Trinajstić information content (AvgIpc) is 2.64. The third kappa shape index (κ3) is 3.32. The Labute approximate surface area is 103 Å². The fraction of sp³-hybridized carbons (Fsp3) is 0.700. The highest BCUT2D eigenvalue weighted by atomic mass is 32.1. The molecule has 1 rings (SSSR count). The van der Waals surface area contributed by atoms with Gasteiger partial charge in [0.05, 0.1) is 4.88 Å². The second kappa shape index (κ2) is 5.68. The lowest BCUT2D eigenvalue weighted by atomic mass is 10.3. The van der Waals surface area contributed by atoms with Crippen LogP contribution in [0, 0.1) is 0 Å². The molecule has 0 aliphatic carbocycles. The van der Waals surface area contributed by atoms with Crippen LogP contribution in [0.25, 0.3) is 0 Å². The van der Waals surface area contributed by atoms with Gasteiger partial charge >= 0.3 is 6.18 Å². The molecule has 17 heavy (non-hydrogen) atoms. The Hall–Kier alpha value is -0.820. The minimum Gasteiger partial charge on any atom is -0.349 e. The molecule has 1 aromatic heterocycles. The summed E-state index contributed by atoms with van der Waals surface area (Å²) in [5.41, 5.74) is -0.765. The van der Waals surface area contributed by atoms with E-state index < -0.39 is 11.9 Å². The van der Waals surface area contributed by atoms with E-state index in [2.05, 4.69) is 10.3 Å². The van der Waals surface area contributed by atoms with Gasteiger partial charge in [0.2, 0.25) is 0 Å². The summed E-state index contributed by atoms with van der Waals surface area (Å²) in [6, 6.07) is 0. The topological polar surface area (TPSA) is 28.2 Å². The van der Waals surface area contributed by atoms with Gasteiger partial charge in [0.15, 0.2) is 10.8 Å². The number of hydrogen-bond donors (Lipinski definition) is 1. The first-order chi connectivity index (χ1) is 7.93. The second-order valence-corrected chi connectivity index (χ2v) is 4.53. The van der Waals surface area contributed by atoms with Crippen molar-refractivity contribution in [3.8, 4) is 0 Å². The summed E-state index contributed by atoms with van der Waals surface area (Å²) in [6.07, 6.45) is -4.38. The highest BCUT2D eigenvalue weighted by Crippen LogP contribution is 2.37. The quantitative estimate of drug-likeness (QED) is 0.889. The lowest BCUT2D eigenvalue weighted by Gasteiger charge is -2.16. The Kier molecular flexibility index (Phi) is 4.76. The van der Waals surface area contributed by atoms with Gasteiger partial charge in [-0.2, -0.15) is 13.2 Å². The molecule has 0 bridgehead atoms. The number of nitrogens with one attached hydrogen (secondary N) is 1.